The van der Waals surface area contributed by atoms with Gasteiger partial charge in [-0.15, -0.1) is 0 Å². The quantitative estimate of drug-likeness (QED) is 0.643. The summed E-state index contributed by atoms with van der Waals surface area (Å²) in [5.74, 6) is 0.275. The third-order valence-electron chi connectivity index (χ3n) is 1.91. The van der Waals surface area contributed by atoms with Crippen molar-refractivity contribution in [3.8, 4) is 5.75 Å². The van der Waals surface area contributed by atoms with E-state index in [-0.39, 0.29) is 5.75 Å². The highest BCUT2D eigenvalue weighted by Gasteiger charge is 2.16. The predicted octanol–water partition coefficient (Wildman–Crippen LogP) is 3.63. The average molecular weight is 475 g/mol. The monoisotopic (exact) mass is 475 g/mol. The molecular weight excluding hydrogens is 460 g/mol. The molecule has 0 fully saturated rings. The summed E-state index contributed by atoms with van der Waals surface area (Å²) in [5, 5.41) is 12.3. The van der Waals surface area contributed by atoms with Crippen molar-refractivity contribution in [3.05, 3.63) is 24.8 Å². The van der Waals surface area contributed by atoms with Gasteiger partial charge in [-0.3, -0.25) is 0 Å². The van der Waals surface area contributed by atoms with Crippen molar-refractivity contribution in [3.63, 3.8) is 0 Å². The minimum Gasteiger partial charge on any atom is -0.506 e. The van der Waals surface area contributed by atoms with Crippen LogP contribution >= 0.6 is 45.2 Å². The third kappa shape index (κ3) is 5.17. The number of hydrogen-bond acceptors (Lipinski definition) is 3. The first-order valence-electron chi connectivity index (χ1n) is 5.33. The summed E-state index contributed by atoms with van der Waals surface area (Å²) >= 11 is 4.11. The van der Waals surface area contributed by atoms with Gasteiger partial charge in [-0.2, -0.15) is 0 Å². The van der Waals surface area contributed by atoms with Crippen LogP contribution in [0.15, 0.2) is 12.1 Å². The Hall–Kier alpha value is -0.250. The zero-order chi connectivity index (χ0) is 13.9. The number of hydrogen-bond donors (Lipinski definition) is 2. The zero-order valence-corrected chi connectivity index (χ0v) is 14.7. The van der Waals surface area contributed by atoms with Gasteiger partial charge in [0.25, 0.3) is 0 Å². The maximum atomic E-state index is 11.5. The van der Waals surface area contributed by atoms with Crippen LogP contribution in [0.5, 0.6) is 5.75 Å². The topological polar surface area (TPSA) is 58.6 Å². The number of aromatic hydroxyl groups is 1. The molecule has 6 heteroatoms. The number of phenolic OH excluding ortho intramolecular Hbond substituents is 1. The minimum atomic E-state index is -0.498. The standard InChI is InChI=1S/C12H15I2NO3/c1-12(2,3)18-11(17)15-6-7-4-8(13)10(16)9(14)5-7/h4-5,16H,6H2,1-3H3,(H,15,17). The molecule has 0 aliphatic heterocycles. The van der Waals surface area contributed by atoms with Gasteiger partial charge >= 0.3 is 6.09 Å². The summed E-state index contributed by atoms with van der Waals surface area (Å²) in [5.41, 5.74) is 0.425. The molecule has 0 heterocycles. The first-order chi connectivity index (χ1) is 8.19. The molecule has 4 nitrogen and oxygen atoms in total. The van der Waals surface area contributed by atoms with Crippen molar-refractivity contribution in [2.75, 3.05) is 0 Å². The number of rotatable bonds is 2. The second-order valence-electron chi connectivity index (χ2n) is 4.76. The largest absolute Gasteiger partial charge is 0.506 e. The molecule has 1 aromatic rings. The number of ether oxygens (including phenoxy) is 1. The lowest BCUT2D eigenvalue weighted by molar-refractivity contribution is 0.0523. The summed E-state index contributed by atoms with van der Waals surface area (Å²) in [7, 11) is 0. The molecule has 1 aromatic carbocycles. The maximum absolute atomic E-state index is 11.5. The lowest BCUT2D eigenvalue weighted by Crippen LogP contribution is -2.32. The van der Waals surface area contributed by atoms with Crippen LogP contribution < -0.4 is 5.32 Å². The van der Waals surface area contributed by atoms with E-state index in [1.165, 1.54) is 0 Å². The molecule has 100 valence electrons. The molecule has 0 bridgehead atoms. The molecule has 0 unspecified atom stereocenters. The number of carbonyl (C=O) groups excluding carboxylic acids is 1. The van der Waals surface area contributed by atoms with E-state index < -0.39 is 11.7 Å². The molecule has 0 saturated heterocycles. The van der Waals surface area contributed by atoms with Gasteiger partial charge in [0.05, 0.1) is 7.14 Å². The van der Waals surface area contributed by atoms with Gasteiger partial charge in [0.1, 0.15) is 11.4 Å². The average Bonchev–Trinajstić information content (AvgIpc) is 2.20. The summed E-state index contributed by atoms with van der Waals surface area (Å²) < 4.78 is 6.67. The maximum Gasteiger partial charge on any atom is 0.407 e. The van der Waals surface area contributed by atoms with Gasteiger partial charge in [-0.1, -0.05) is 0 Å². The molecule has 2 N–H and O–H groups in total. The SMILES string of the molecule is CC(C)(C)OC(=O)NCc1cc(I)c(O)c(I)c1. The fourth-order valence-electron chi connectivity index (χ4n) is 1.21. The van der Waals surface area contributed by atoms with E-state index in [1.807, 2.05) is 32.9 Å². The number of nitrogens with one attached hydrogen (secondary N) is 1. The molecule has 0 aliphatic carbocycles. The van der Waals surface area contributed by atoms with Crippen molar-refractivity contribution >= 4 is 51.3 Å². The Balaban J connectivity index is 2.62. The van der Waals surface area contributed by atoms with E-state index in [0.717, 1.165) is 12.7 Å². The second kappa shape index (κ2) is 6.27. The summed E-state index contributed by atoms with van der Waals surface area (Å²) in [6.45, 7) is 5.83. The van der Waals surface area contributed by atoms with Gasteiger partial charge in [0.2, 0.25) is 0 Å². The number of amides is 1. The second-order valence-corrected chi connectivity index (χ2v) is 7.09. The molecule has 18 heavy (non-hydrogen) atoms. The fourth-order valence-corrected chi connectivity index (χ4v) is 3.11. The van der Waals surface area contributed by atoms with E-state index in [1.54, 1.807) is 0 Å². The van der Waals surface area contributed by atoms with Crippen LogP contribution in [0.4, 0.5) is 4.79 Å². The molecule has 0 atom stereocenters. The molecule has 0 radical (unpaired) electrons. The predicted molar refractivity (Wildman–Crippen MR) is 86.6 cm³/mol. The molecular formula is C12H15I2NO3. The highest BCUT2D eigenvalue weighted by Crippen LogP contribution is 2.27. The van der Waals surface area contributed by atoms with Crippen LogP contribution in [0.2, 0.25) is 0 Å². The first kappa shape index (κ1) is 15.8. The Morgan fingerprint density at radius 3 is 2.28 bits per heavy atom. The van der Waals surface area contributed by atoms with Crippen molar-refractivity contribution in [1.82, 2.24) is 5.32 Å². The summed E-state index contributed by atoms with van der Waals surface area (Å²) in [6.07, 6.45) is -0.444. The van der Waals surface area contributed by atoms with E-state index in [2.05, 4.69) is 50.5 Å². The van der Waals surface area contributed by atoms with Crippen molar-refractivity contribution in [2.24, 2.45) is 0 Å². The first-order valence-corrected chi connectivity index (χ1v) is 7.48. The lowest BCUT2D eigenvalue weighted by Gasteiger charge is -2.19. The molecule has 0 aromatic heterocycles. The summed E-state index contributed by atoms with van der Waals surface area (Å²) in [6, 6.07) is 3.66. The molecule has 0 spiro atoms. The van der Waals surface area contributed by atoms with E-state index in [0.29, 0.717) is 6.54 Å². The smallest absolute Gasteiger partial charge is 0.407 e. The van der Waals surface area contributed by atoms with Crippen LogP contribution in [-0.2, 0) is 11.3 Å². The molecule has 1 amide bonds. The Labute approximate surface area is 134 Å². The Morgan fingerprint density at radius 2 is 1.83 bits per heavy atom. The minimum absolute atomic E-state index is 0.275. The zero-order valence-electron chi connectivity index (χ0n) is 10.4. The highest BCUT2D eigenvalue weighted by atomic mass is 127. The lowest BCUT2D eigenvalue weighted by atomic mass is 10.2. The molecule has 0 saturated carbocycles. The number of carbonyl (C=O) groups is 1. The number of halogens is 2. The Kier molecular flexibility index (Phi) is 5.50. The summed E-state index contributed by atoms with van der Waals surface area (Å²) in [4.78, 5) is 11.5. The van der Waals surface area contributed by atoms with Crippen LogP contribution in [0.3, 0.4) is 0 Å². The van der Waals surface area contributed by atoms with Gasteiger partial charge in [0, 0.05) is 6.54 Å². The fraction of sp³-hybridized carbons (Fsp3) is 0.417. The Morgan fingerprint density at radius 1 is 1.33 bits per heavy atom. The highest BCUT2D eigenvalue weighted by molar-refractivity contribution is 14.1. The van der Waals surface area contributed by atoms with Gasteiger partial charge in [-0.25, -0.2) is 4.79 Å². The Bertz CT molecular complexity index is 432. The van der Waals surface area contributed by atoms with Gasteiger partial charge in [0.15, 0.2) is 0 Å². The number of benzene rings is 1. The van der Waals surface area contributed by atoms with Crippen molar-refractivity contribution in [2.45, 2.75) is 32.9 Å². The van der Waals surface area contributed by atoms with E-state index in [9.17, 15) is 9.90 Å². The van der Waals surface area contributed by atoms with Crippen LogP contribution in [0.1, 0.15) is 26.3 Å². The molecule has 1 rings (SSSR count). The van der Waals surface area contributed by atoms with E-state index >= 15 is 0 Å². The van der Waals surface area contributed by atoms with Gasteiger partial charge < -0.3 is 15.2 Å². The van der Waals surface area contributed by atoms with Crippen LogP contribution in [-0.4, -0.2) is 16.8 Å². The normalized spacial score (nSPS) is 11.2. The molecule has 0 aliphatic rings. The van der Waals surface area contributed by atoms with Crippen LogP contribution in [0.25, 0.3) is 0 Å². The van der Waals surface area contributed by atoms with Crippen molar-refractivity contribution in [1.29, 1.82) is 0 Å². The van der Waals surface area contributed by atoms with Gasteiger partial charge in [-0.05, 0) is 83.6 Å². The van der Waals surface area contributed by atoms with E-state index in [4.69, 9.17) is 4.74 Å². The van der Waals surface area contributed by atoms with Crippen LogP contribution in [0, 0.1) is 7.14 Å². The number of alkyl carbamates (subject to hydrolysis) is 1. The third-order valence-corrected chi connectivity index (χ3v) is 3.56. The number of phenols is 1. The van der Waals surface area contributed by atoms with Crippen molar-refractivity contribution < 1.29 is 14.6 Å².